The first-order valence-electron chi connectivity index (χ1n) is 5.57. The summed E-state index contributed by atoms with van der Waals surface area (Å²) in [6, 6.07) is 12.5. The van der Waals surface area contributed by atoms with Crippen molar-refractivity contribution in [2.45, 2.75) is 13.5 Å². The molecule has 1 nitrogen and oxygen atoms in total. The van der Waals surface area contributed by atoms with Gasteiger partial charge >= 0.3 is 0 Å². The van der Waals surface area contributed by atoms with Gasteiger partial charge in [0.15, 0.2) is 0 Å². The van der Waals surface area contributed by atoms with E-state index in [9.17, 15) is 0 Å². The number of rotatable bonds is 1. The summed E-state index contributed by atoms with van der Waals surface area (Å²) in [6.45, 7) is 3.09. The highest BCUT2D eigenvalue weighted by Crippen LogP contribution is 2.32. The van der Waals surface area contributed by atoms with Gasteiger partial charge in [-0.25, -0.2) is 0 Å². The Balaban J connectivity index is 2.56. The van der Waals surface area contributed by atoms with Crippen molar-refractivity contribution < 1.29 is 0 Å². The third kappa shape index (κ3) is 1.67. The minimum absolute atomic E-state index is 0.786. The number of aromatic nitrogens is 1. The molecule has 0 aliphatic rings. The van der Waals surface area contributed by atoms with Gasteiger partial charge < -0.3 is 4.57 Å². The van der Waals surface area contributed by atoms with Crippen LogP contribution in [0, 0.1) is 0 Å². The summed E-state index contributed by atoms with van der Waals surface area (Å²) in [5.74, 6) is 0. The van der Waals surface area contributed by atoms with Gasteiger partial charge in [-0.3, -0.25) is 0 Å². The molecule has 3 rings (SSSR count). The predicted octanol–water partition coefficient (Wildman–Crippen LogP) is 5.23. The second-order valence-electron chi connectivity index (χ2n) is 4.07. The normalized spacial score (nSPS) is 11.5. The molecule has 1 heterocycles. The quantitative estimate of drug-likeness (QED) is 0.580. The first-order valence-corrected chi connectivity index (χ1v) is 6.75. The molecule has 1 aromatic heterocycles. The Labute approximate surface area is 113 Å². The number of hydrogen-bond acceptors (Lipinski definition) is 0. The molecule has 0 atom stereocenters. The zero-order chi connectivity index (χ0) is 12.0. The van der Waals surface area contributed by atoms with Crippen LogP contribution in [0.15, 0.2) is 40.9 Å². The summed E-state index contributed by atoms with van der Waals surface area (Å²) >= 11 is 9.61. The highest BCUT2D eigenvalue weighted by Gasteiger charge is 2.09. The average Bonchev–Trinajstić information content (AvgIpc) is 2.60. The molecule has 3 heteroatoms. The summed E-state index contributed by atoms with van der Waals surface area (Å²) in [6.07, 6.45) is 0. The van der Waals surface area contributed by atoms with E-state index in [1.165, 1.54) is 21.8 Å². The Morgan fingerprint density at radius 3 is 2.41 bits per heavy atom. The van der Waals surface area contributed by atoms with Crippen molar-refractivity contribution in [2.24, 2.45) is 0 Å². The van der Waals surface area contributed by atoms with E-state index < -0.39 is 0 Å². The van der Waals surface area contributed by atoms with Crippen LogP contribution in [0.3, 0.4) is 0 Å². The Morgan fingerprint density at radius 1 is 1.06 bits per heavy atom. The first kappa shape index (κ1) is 11.1. The summed E-state index contributed by atoms with van der Waals surface area (Å²) in [5, 5.41) is 3.33. The van der Waals surface area contributed by atoms with Crippen LogP contribution in [0.25, 0.3) is 21.8 Å². The molecule has 0 spiro atoms. The highest BCUT2D eigenvalue weighted by molar-refractivity contribution is 9.10. The van der Waals surface area contributed by atoms with E-state index >= 15 is 0 Å². The molecule has 0 aliphatic carbocycles. The van der Waals surface area contributed by atoms with Crippen molar-refractivity contribution in [3.05, 3.63) is 45.9 Å². The zero-order valence-corrected chi connectivity index (χ0v) is 11.7. The van der Waals surface area contributed by atoms with E-state index in [1.807, 2.05) is 12.1 Å². The maximum absolute atomic E-state index is 6.08. The Hall–Kier alpha value is -0.990. The van der Waals surface area contributed by atoms with E-state index in [1.54, 1.807) is 0 Å². The van der Waals surface area contributed by atoms with Crippen LogP contribution in [-0.2, 0) is 6.54 Å². The fourth-order valence-corrected chi connectivity index (χ4v) is 2.90. The predicted molar refractivity (Wildman–Crippen MR) is 77.8 cm³/mol. The Bertz CT molecular complexity index is 656. The van der Waals surface area contributed by atoms with Crippen LogP contribution in [0.5, 0.6) is 0 Å². The van der Waals surface area contributed by atoms with Crippen LogP contribution in [0.1, 0.15) is 6.92 Å². The van der Waals surface area contributed by atoms with Crippen LogP contribution < -0.4 is 0 Å². The molecule has 0 amide bonds. The number of nitrogens with zero attached hydrogens (tertiary/aromatic N) is 1. The minimum atomic E-state index is 0.786. The van der Waals surface area contributed by atoms with Crippen LogP contribution >= 0.6 is 27.5 Å². The van der Waals surface area contributed by atoms with Gasteiger partial charge in [0.1, 0.15) is 0 Å². The molecule has 0 bridgehead atoms. The molecule has 0 unspecified atom stereocenters. The van der Waals surface area contributed by atoms with Gasteiger partial charge in [0, 0.05) is 26.8 Å². The van der Waals surface area contributed by atoms with Gasteiger partial charge in [0.25, 0.3) is 0 Å². The Morgan fingerprint density at radius 2 is 1.71 bits per heavy atom. The zero-order valence-electron chi connectivity index (χ0n) is 9.37. The third-order valence-electron chi connectivity index (χ3n) is 3.11. The molecule has 0 saturated heterocycles. The molecule has 0 N–H and O–H groups in total. The topological polar surface area (TPSA) is 4.93 Å². The van der Waals surface area contributed by atoms with Crippen molar-refractivity contribution in [1.29, 1.82) is 0 Å². The van der Waals surface area contributed by atoms with Gasteiger partial charge in [-0.1, -0.05) is 39.7 Å². The van der Waals surface area contributed by atoms with E-state index in [4.69, 9.17) is 11.6 Å². The lowest BCUT2D eigenvalue weighted by Crippen LogP contribution is -1.92. The Kier molecular flexibility index (Phi) is 2.64. The number of fused-ring (bicyclic) bond motifs is 3. The van der Waals surface area contributed by atoms with E-state index in [2.05, 4.69) is 51.7 Å². The molecule has 0 aliphatic heterocycles. The molecule has 17 heavy (non-hydrogen) atoms. The standard InChI is InChI=1S/C14H11BrClN/c1-2-17-13-7-9(15)3-5-11(13)12-6-4-10(16)8-14(12)17/h3-8H,2H2,1H3. The minimum Gasteiger partial charge on any atom is -0.341 e. The van der Waals surface area contributed by atoms with Crippen molar-refractivity contribution in [3.8, 4) is 0 Å². The summed E-state index contributed by atoms with van der Waals surface area (Å²) < 4.78 is 3.40. The molecule has 3 aromatic rings. The SMILES string of the molecule is CCn1c2cc(Cl)ccc2c2ccc(Br)cc21. The first-order chi connectivity index (χ1) is 8.20. The number of aryl methyl sites for hydroxylation is 1. The van der Waals surface area contributed by atoms with Gasteiger partial charge in [-0.15, -0.1) is 0 Å². The van der Waals surface area contributed by atoms with Gasteiger partial charge in [0.05, 0.1) is 11.0 Å². The second kappa shape index (κ2) is 4.04. The fourth-order valence-electron chi connectivity index (χ4n) is 2.38. The van der Waals surface area contributed by atoms with Crippen molar-refractivity contribution in [3.63, 3.8) is 0 Å². The number of halogens is 2. The summed E-state index contributed by atoms with van der Waals surface area (Å²) in [4.78, 5) is 0. The second-order valence-corrected chi connectivity index (χ2v) is 5.42. The van der Waals surface area contributed by atoms with Crippen molar-refractivity contribution in [1.82, 2.24) is 4.57 Å². The maximum atomic E-state index is 6.08. The number of hydrogen-bond donors (Lipinski definition) is 0. The molecular weight excluding hydrogens is 298 g/mol. The third-order valence-corrected chi connectivity index (χ3v) is 3.84. The lowest BCUT2D eigenvalue weighted by atomic mass is 10.2. The number of benzene rings is 2. The van der Waals surface area contributed by atoms with Crippen molar-refractivity contribution in [2.75, 3.05) is 0 Å². The lowest BCUT2D eigenvalue weighted by molar-refractivity contribution is 0.827. The van der Waals surface area contributed by atoms with E-state index in [0.29, 0.717) is 0 Å². The van der Waals surface area contributed by atoms with Crippen LogP contribution in [0.2, 0.25) is 5.02 Å². The van der Waals surface area contributed by atoms with Gasteiger partial charge in [0.2, 0.25) is 0 Å². The van der Waals surface area contributed by atoms with Crippen LogP contribution in [0.4, 0.5) is 0 Å². The lowest BCUT2D eigenvalue weighted by Gasteiger charge is -2.03. The molecule has 0 fully saturated rings. The average molecular weight is 309 g/mol. The molecule has 0 radical (unpaired) electrons. The smallest absolute Gasteiger partial charge is 0.0506 e. The van der Waals surface area contributed by atoms with Gasteiger partial charge in [-0.2, -0.15) is 0 Å². The molecular formula is C14H11BrClN. The molecule has 86 valence electrons. The molecule has 2 aromatic carbocycles. The summed E-state index contributed by atoms with van der Waals surface area (Å²) in [5.41, 5.74) is 2.45. The largest absolute Gasteiger partial charge is 0.341 e. The maximum Gasteiger partial charge on any atom is 0.0506 e. The monoisotopic (exact) mass is 307 g/mol. The van der Waals surface area contributed by atoms with Crippen molar-refractivity contribution >= 4 is 49.3 Å². The van der Waals surface area contributed by atoms with Gasteiger partial charge in [-0.05, 0) is 31.2 Å². The van der Waals surface area contributed by atoms with Crippen LogP contribution in [-0.4, -0.2) is 4.57 Å². The molecule has 0 saturated carbocycles. The summed E-state index contributed by atoms with van der Waals surface area (Å²) in [7, 11) is 0. The fraction of sp³-hybridized carbons (Fsp3) is 0.143. The highest BCUT2D eigenvalue weighted by atomic mass is 79.9. The van der Waals surface area contributed by atoms with E-state index in [-0.39, 0.29) is 0 Å². The van der Waals surface area contributed by atoms with E-state index in [0.717, 1.165) is 16.0 Å².